The fourth-order valence-electron chi connectivity index (χ4n) is 2.47. The van der Waals surface area contributed by atoms with E-state index in [4.69, 9.17) is 18.6 Å². The topological polar surface area (TPSA) is 98.0 Å². The number of hydrogen-bond acceptors (Lipinski definition) is 7. The van der Waals surface area contributed by atoms with Gasteiger partial charge in [0, 0.05) is 0 Å². The van der Waals surface area contributed by atoms with Gasteiger partial charge in [-0.15, -0.1) is 0 Å². The van der Waals surface area contributed by atoms with E-state index in [9.17, 15) is 14.7 Å². The molecule has 2 heterocycles. The first kappa shape index (κ1) is 16.7. The molecular weight excluding hydrogens is 303 g/mol. The minimum atomic E-state index is -1.46. The average molecular weight is 314 g/mol. The second kappa shape index (κ2) is 6.20. The fourth-order valence-corrected chi connectivity index (χ4v) is 2.47. The number of furan rings is 1. The third-order valence-corrected chi connectivity index (χ3v) is 3.36. The van der Waals surface area contributed by atoms with Gasteiger partial charge in [-0.25, -0.2) is 0 Å². The van der Waals surface area contributed by atoms with Gasteiger partial charge in [-0.3, -0.25) is 4.79 Å². The average Bonchev–Trinajstić information content (AvgIpc) is 2.93. The van der Waals surface area contributed by atoms with Crippen LogP contribution in [0.3, 0.4) is 0 Å². The van der Waals surface area contributed by atoms with Crippen molar-refractivity contribution >= 4 is 22.7 Å². The van der Waals surface area contributed by atoms with Crippen molar-refractivity contribution in [2.75, 3.05) is 14.2 Å². The van der Waals surface area contributed by atoms with Crippen LogP contribution >= 0.6 is 0 Å². The molecule has 1 atom stereocenters. The van der Waals surface area contributed by atoms with Crippen molar-refractivity contribution in [1.82, 2.24) is 0 Å². The summed E-state index contributed by atoms with van der Waals surface area (Å²) in [5, 5.41) is 11.5. The van der Waals surface area contributed by atoms with Crippen LogP contribution in [-0.2, 0) is 4.79 Å². The van der Waals surface area contributed by atoms with Crippen LogP contribution in [0.2, 0.25) is 0 Å². The van der Waals surface area contributed by atoms with Gasteiger partial charge in [0.15, 0.2) is 17.1 Å². The van der Waals surface area contributed by atoms with E-state index >= 15 is 0 Å². The van der Waals surface area contributed by atoms with E-state index < -0.39 is 17.9 Å². The number of aliphatic carboxylic acids is 1. The SMILES string of the molecule is COc1c2c(c(OC)c3occc13)OC(C(=O)[O-])CC2=O.[Na+]. The van der Waals surface area contributed by atoms with Crippen LogP contribution in [0.4, 0.5) is 0 Å². The summed E-state index contributed by atoms with van der Waals surface area (Å²) in [6.45, 7) is 0. The number of ketones is 1. The van der Waals surface area contributed by atoms with Gasteiger partial charge in [0.1, 0.15) is 17.4 Å². The largest absolute Gasteiger partial charge is 1.00 e. The molecule has 0 fully saturated rings. The number of hydrogen-bond donors (Lipinski definition) is 0. The molecule has 110 valence electrons. The van der Waals surface area contributed by atoms with E-state index in [1.165, 1.54) is 20.5 Å². The smallest absolute Gasteiger partial charge is 0.546 e. The zero-order valence-electron chi connectivity index (χ0n) is 12.3. The first-order valence-corrected chi connectivity index (χ1v) is 6.14. The van der Waals surface area contributed by atoms with Crippen LogP contribution < -0.4 is 48.9 Å². The summed E-state index contributed by atoms with van der Waals surface area (Å²) in [4.78, 5) is 23.3. The van der Waals surface area contributed by atoms with Crippen LogP contribution in [0.25, 0.3) is 11.0 Å². The van der Waals surface area contributed by atoms with Crippen molar-refractivity contribution < 1.29 is 62.9 Å². The fraction of sp³-hybridized carbons (Fsp3) is 0.286. The molecule has 2 aromatic rings. The van der Waals surface area contributed by atoms with Crippen molar-refractivity contribution in [1.29, 1.82) is 0 Å². The van der Waals surface area contributed by atoms with Crippen LogP contribution in [0.15, 0.2) is 16.7 Å². The molecule has 0 spiro atoms. The number of carbonyl (C=O) groups excluding carboxylic acids is 2. The summed E-state index contributed by atoms with van der Waals surface area (Å²) in [6.07, 6.45) is -0.268. The Morgan fingerprint density at radius 3 is 2.59 bits per heavy atom. The van der Waals surface area contributed by atoms with Crippen molar-refractivity contribution in [3.63, 3.8) is 0 Å². The normalized spacial score (nSPS) is 16.5. The predicted octanol–water partition coefficient (Wildman–Crippen LogP) is -2.46. The molecular formula is C14H11NaO7. The van der Waals surface area contributed by atoms with E-state index in [0.29, 0.717) is 11.0 Å². The number of Topliss-reactive ketones (excluding diaryl/α,β-unsaturated/α-hetero) is 1. The van der Waals surface area contributed by atoms with E-state index in [0.717, 1.165) is 0 Å². The molecule has 1 aromatic heterocycles. The first-order chi connectivity index (χ1) is 10.1. The minimum Gasteiger partial charge on any atom is -0.546 e. The summed E-state index contributed by atoms with van der Waals surface area (Å²) in [5.41, 5.74) is 0.473. The maximum absolute atomic E-state index is 12.3. The van der Waals surface area contributed by atoms with Gasteiger partial charge < -0.3 is 28.5 Å². The molecule has 0 aliphatic carbocycles. The molecule has 1 aromatic carbocycles. The molecule has 0 bridgehead atoms. The Bertz CT molecular complexity index is 749. The molecule has 0 saturated carbocycles. The van der Waals surface area contributed by atoms with Crippen LogP contribution in [0, 0.1) is 0 Å². The number of benzene rings is 1. The van der Waals surface area contributed by atoms with Gasteiger partial charge in [0.05, 0.1) is 38.3 Å². The molecule has 3 rings (SSSR count). The number of carboxylic acids is 1. The van der Waals surface area contributed by atoms with Gasteiger partial charge in [-0.1, -0.05) is 0 Å². The molecule has 7 nitrogen and oxygen atoms in total. The second-order valence-electron chi connectivity index (χ2n) is 4.49. The van der Waals surface area contributed by atoms with E-state index in [2.05, 4.69) is 0 Å². The Balaban J connectivity index is 0.00000176. The molecule has 22 heavy (non-hydrogen) atoms. The Hall–Kier alpha value is -1.70. The molecule has 8 heteroatoms. The number of carboxylic acid groups (broad SMARTS) is 1. The number of carbonyl (C=O) groups is 2. The Morgan fingerprint density at radius 2 is 2.00 bits per heavy atom. The second-order valence-corrected chi connectivity index (χ2v) is 4.49. The first-order valence-electron chi connectivity index (χ1n) is 6.14. The van der Waals surface area contributed by atoms with Gasteiger partial charge in [-0.05, 0) is 6.07 Å². The third kappa shape index (κ3) is 2.35. The van der Waals surface area contributed by atoms with Gasteiger partial charge in [0.2, 0.25) is 5.75 Å². The number of fused-ring (bicyclic) bond motifs is 2. The minimum absolute atomic E-state index is 0. The van der Waals surface area contributed by atoms with Crippen LogP contribution in [0.1, 0.15) is 16.8 Å². The van der Waals surface area contributed by atoms with Gasteiger partial charge >= 0.3 is 29.6 Å². The summed E-state index contributed by atoms with van der Waals surface area (Å²) >= 11 is 0. The Labute approximate surface area is 147 Å². The Kier molecular flexibility index (Phi) is 4.69. The van der Waals surface area contributed by atoms with Gasteiger partial charge in [0.25, 0.3) is 0 Å². The molecule has 1 aliphatic heterocycles. The molecule has 0 radical (unpaired) electrons. The molecule has 0 saturated heterocycles. The maximum Gasteiger partial charge on any atom is 1.00 e. The van der Waals surface area contributed by atoms with E-state index in [-0.39, 0.29) is 58.8 Å². The molecule has 0 amide bonds. The molecule has 0 N–H and O–H groups in total. The van der Waals surface area contributed by atoms with Crippen LogP contribution in [-0.4, -0.2) is 32.1 Å². The maximum atomic E-state index is 12.3. The van der Waals surface area contributed by atoms with E-state index in [1.54, 1.807) is 6.07 Å². The summed E-state index contributed by atoms with van der Waals surface area (Å²) in [6, 6.07) is 1.63. The van der Waals surface area contributed by atoms with Crippen molar-refractivity contribution in [3.05, 3.63) is 17.9 Å². The predicted molar refractivity (Wildman–Crippen MR) is 67.7 cm³/mol. The summed E-state index contributed by atoms with van der Waals surface area (Å²) in [7, 11) is 2.78. The van der Waals surface area contributed by atoms with Crippen molar-refractivity contribution in [2.24, 2.45) is 0 Å². The number of methoxy groups -OCH3 is 2. The van der Waals surface area contributed by atoms with Crippen molar-refractivity contribution in [2.45, 2.75) is 12.5 Å². The quantitative estimate of drug-likeness (QED) is 0.579. The zero-order valence-corrected chi connectivity index (χ0v) is 14.3. The summed E-state index contributed by atoms with van der Waals surface area (Å²) in [5.74, 6) is -1.44. The van der Waals surface area contributed by atoms with Crippen LogP contribution in [0.5, 0.6) is 17.2 Å². The Morgan fingerprint density at radius 1 is 1.32 bits per heavy atom. The summed E-state index contributed by atoms with van der Waals surface area (Å²) < 4.78 is 21.2. The van der Waals surface area contributed by atoms with Gasteiger partial charge in [-0.2, -0.15) is 0 Å². The zero-order chi connectivity index (χ0) is 15.1. The monoisotopic (exact) mass is 314 g/mol. The number of ether oxygens (including phenoxy) is 3. The standard InChI is InChI=1S/C14H12O7.Na/c1-18-10-6-3-4-20-11(6)13(19-2)12-9(10)7(15)5-8(21-12)14(16)17;/h3-4,8H,5H2,1-2H3,(H,16,17);/q;+1/p-1. The third-order valence-electron chi connectivity index (χ3n) is 3.36. The molecule has 1 aliphatic rings. The number of rotatable bonds is 3. The van der Waals surface area contributed by atoms with Crippen molar-refractivity contribution in [3.8, 4) is 17.2 Å². The molecule has 1 unspecified atom stereocenters. The van der Waals surface area contributed by atoms with E-state index in [1.807, 2.05) is 0 Å².